The van der Waals surface area contributed by atoms with Gasteiger partial charge in [0.2, 0.25) is 5.91 Å². The zero-order valence-electron chi connectivity index (χ0n) is 19.4. The molecule has 1 aromatic carbocycles. The number of hydrogen-bond acceptors (Lipinski definition) is 4. The van der Waals surface area contributed by atoms with Crippen molar-refractivity contribution in [2.75, 3.05) is 11.9 Å². The molecule has 0 bridgehead atoms. The highest BCUT2D eigenvalue weighted by molar-refractivity contribution is 6.07. The van der Waals surface area contributed by atoms with Gasteiger partial charge in [0, 0.05) is 30.3 Å². The first-order valence-corrected chi connectivity index (χ1v) is 12.2. The molecular weight excluding hydrogens is 420 g/mol. The summed E-state index contributed by atoms with van der Waals surface area (Å²) in [5.74, 6) is -0.403. The number of rotatable bonds is 7. The quantitative estimate of drug-likeness (QED) is 0.547. The van der Waals surface area contributed by atoms with E-state index in [1.165, 1.54) is 11.3 Å². The fraction of sp³-hybridized carbons (Fsp3) is 0.600. The van der Waals surface area contributed by atoms with E-state index in [4.69, 9.17) is 0 Å². The van der Waals surface area contributed by atoms with Crippen LogP contribution in [0.4, 0.5) is 10.5 Å². The number of nitrogens with zero attached hydrogens (tertiary/aromatic N) is 1. The Hall–Kier alpha value is -2.90. The van der Waals surface area contributed by atoms with Gasteiger partial charge in [0.15, 0.2) is 0 Å². The third-order valence-corrected chi connectivity index (χ3v) is 7.19. The van der Waals surface area contributed by atoms with Gasteiger partial charge in [-0.2, -0.15) is 0 Å². The van der Waals surface area contributed by atoms with Gasteiger partial charge >= 0.3 is 6.03 Å². The highest BCUT2D eigenvalue weighted by Crippen LogP contribution is 2.35. The van der Waals surface area contributed by atoms with Crippen molar-refractivity contribution in [3.63, 3.8) is 0 Å². The average Bonchev–Trinajstić information content (AvgIpc) is 3.36. The van der Waals surface area contributed by atoms with Gasteiger partial charge in [-0.1, -0.05) is 32.1 Å². The minimum Gasteiger partial charge on any atom is -0.349 e. The summed E-state index contributed by atoms with van der Waals surface area (Å²) in [6.45, 7) is 2.10. The number of aryl methyl sites for hydroxylation is 1. The third-order valence-electron chi connectivity index (χ3n) is 7.19. The van der Waals surface area contributed by atoms with E-state index in [9.17, 15) is 19.2 Å². The van der Waals surface area contributed by atoms with E-state index in [-0.39, 0.29) is 42.8 Å². The number of benzene rings is 1. The Labute approximate surface area is 194 Å². The Morgan fingerprint density at radius 2 is 1.82 bits per heavy atom. The number of carbonyl (C=O) groups is 4. The monoisotopic (exact) mass is 454 g/mol. The Morgan fingerprint density at radius 3 is 2.52 bits per heavy atom. The summed E-state index contributed by atoms with van der Waals surface area (Å²) >= 11 is 0. The maximum absolute atomic E-state index is 12.7. The van der Waals surface area contributed by atoms with Gasteiger partial charge in [0.1, 0.15) is 5.54 Å². The Kier molecular flexibility index (Phi) is 7.00. The van der Waals surface area contributed by atoms with Gasteiger partial charge in [-0.05, 0) is 62.8 Å². The maximum Gasteiger partial charge on any atom is 0.325 e. The summed E-state index contributed by atoms with van der Waals surface area (Å²) in [5, 5.41) is 8.85. The molecule has 1 heterocycles. The van der Waals surface area contributed by atoms with Crippen molar-refractivity contribution in [1.82, 2.24) is 15.5 Å². The van der Waals surface area contributed by atoms with E-state index in [1.807, 2.05) is 6.92 Å². The summed E-state index contributed by atoms with van der Waals surface area (Å²) in [6, 6.07) is 5.18. The van der Waals surface area contributed by atoms with Crippen LogP contribution >= 0.6 is 0 Å². The van der Waals surface area contributed by atoms with Crippen LogP contribution in [0.25, 0.3) is 0 Å². The fourth-order valence-electron chi connectivity index (χ4n) is 5.27. The lowest BCUT2D eigenvalue weighted by atomic mass is 9.95. The summed E-state index contributed by atoms with van der Waals surface area (Å²) in [6.07, 6.45) is 9.52. The topological polar surface area (TPSA) is 108 Å². The number of anilines is 1. The van der Waals surface area contributed by atoms with E-state index in [1.54, 1.807) is 18.2 Å². The fourth-order valence-corrected chi connectivity index (χ4v) is 5.27. The third kappa shape index (κ3) is 5.20. The summed E-state index contributed by atoms with van der Waals surface area (Å²) in [4.78, 5) is 51.1. The van der Waals surface area contributed by atoms with Crippen LogP contribution in [0.2, 0.25) is 0 Å². The molecule has 8 heteroatoms. The molecule has 3 N–H and O–H groups in total. The first-order chi connectivity index (χ1) is 15.9. The predicted octanol–water partition coefficient (Wildman–Crippen LogP) is 3.64. The number of hydrogen-bond donors (Lipinski definition) is 3. The van der Waals surface area contributed by atoms with Crippen LogP contribution in [0.1, 0.15) is 86.6 Å². The first kappa shape index (κ1) is 23.3. The van der Waals surface area contributed by atoms with Crippen molar-refractivity contribution in [3.8, 4) is 0 Å². The number of imide groups is 1. The van der Waals surface area contributed by atoms with E-state index in [0.29, 0.717) is 30.5 Å². The van der Waals surface area contributed by atoms with Crippen molar-refractivity contribution in [2.45, 2.75) is 89.1 Å². The number of urea groups is 1. The molecule has 0 atom stereocenters. The van der Waals surface area contributed by atoms with Gasteiger partial charge in [0.25, 0.3) is 11.8 Å². The SMILES string of the molecule is Cc1cc(C(=O)NC2CCCCC2)ccc1NC(=O)CCCN1C(=O)NC2(CCCC2)C1=O. The normalized spacial score (nSPS) is 20.2. The molecule has 8 nitrogen and oxygen atoms in total. The second-order valence-electron chi connectivity index (χ2n) is 9.67. The highest BCUT2D eigenvalue weighted by Gasteiger charge is 2.52. The maximum atomic E-state index is 12.7. The van der Waals surface area contributed by atoms with E-state index < -0.39 is 5.54 Å². The predicted molar refractivity (Wildman–Crippen MR) is 125 cm³/mol. The van der Waals surface area contributed by atoms with E-state index >= 15 is 0 Å². The molecule has 1 saturated heterocycles. The Morgan fingerprint density at radius 1 is 1.09 bits per heavy atom. The smallest absolute Gasteiger partial charge is 0.325 e. The lowest BCUT2D eigenvalue weighted by molar-refractivity contribution is -0.131. The zero-order chi connectivity index (χ0) is 23.4. The Balaban J connectivity index is 1.25. The molecular formula is C25H34N4O4. The molecule has 33 heavy (non-hydrogen) atoms. The van der Waals surface area contributed by atoms with Crippen LogP contribution in [-0.4, -0.2) is 46.8 Å². The van der Waals surface area contributed by atoms with Gasteiger partial charge in [0.05, 0.1) is 0 Å². The molecule has 4 rings (SSSR count). The molecule has 1 spiro atoms. The summed E-state index contributed by atoms with van der Waals surface area (Å²) in [5.41, 5.74) is 1.36. The molecule has 0 aromatic heterocycles. The molecule has 1 aliphatic heterocycles. The first-order valence-electron chi connectivity index (χ1n) is 12.2. The minimum atomic E-state index is -0.707. The van der Waals surface area contributed by atoms with Gasteiger partial charge < -0.3 is 16.0 Å². The molecule has 1 aromatic rings. The molecule has 0 unspecified atom stereocenters. The van der Waals surface area contributed by atoms with Gasteiger partial charge in [-0.3, -0.25) is 19.3 Å². The lowest BCUT2D eigenvalue weighted by Gasteiger charge is -2.23. The lowest BCUT2D eigenvalue weighted by Crippen LogP contribution is -2.44. The summed E-state index contributed by atoms with van der Waals surface area (Å²) in [7, 11) is 0. The molecule has 3 fully saturated rings. The van der Waals surface area contributed by atoms with Crippen LogP contribution < -0.4 is 16.0 Å². The van der Waals surface area contributed by atoms with Crippen molar-refractivity contribution >= 4 is 29.4 Å². The number of nitrogens with one attached hydrogen (secondary N) is 3. The molecule has 5 amide bonds. The molecule has 0 radical (unpaired) electrons. The average molecular weight is 455 g/mol. The Bertz CT molecular complexity index is 932. The molecule has 3 aliphatic rings. The van der Waals surface area contributed by atoms with E-state index in [2.05, 4.69) is 16.0 Å². The van der Waals surface area contributed by atoms with Crippen LogP contribution in [-0.2, 0) is 9.59 Å². The zero-order valence-corrected chi connectivity index (χ0v) is 19.4. The van der Waals surface area contributed by atoms with Gasteiger partial charge in [-0.15, -0.1) is 0 Å². The van der Waals surface area contributed by atoms with Crippen molar-refractivity contribution in [1.29, 1.82) is 0 Å². The molecule has 2 saturated carbocycles. The van der Waals surface area contributed by atoms with Crippen LogP contribution in [0, 0.1) is 6.92 Å². The van der Waals surface area contributed by atoms with Crippen LogP contribution in [0.5, 0.6) is 0 Å². The number of carbonyl (C=O) groups excluding carboxylic acids is 4. The van der Waals surface area contributed by atoms with Crippen molar-refractivity contribution in [3.05, 3.63) is 29.3 Å². The molecule has 2 aliphatic carbocycles. The second kappa shape index (κ2) is 9.93. The van der Waals surface area contributed by atoms with Crippen LogP contribution in [0.3, 0.4) is 0 Å². The standard InChI is InChI=1S/C25H34N4O4/c1-17-16-18(22(31)26-19-8-3-2-4-9-19)11-12-20(17)27-21(30)10-7-15-29-23(32)25(28-24(29)33)13-5-6-14-25/h11-12,16,19H,2-10,13-15H2,1H3,(H,26,31)(H,27,30)(H,28,33). The summed E-state index contributed by atoms with van der Waals surface area (Å²) < 4.78 is 0. The molecule has 178 valence electrons. The number of amides is 5. The highest BCUT2D eigenvalue weighted by atomic mass is 16.2. The van der Waals surface area contributed by atoms with Crippen molar-refractivity contribution < 1.29 is 19.2 Å². The van der Waals surface area contributed by atoms with Crippen LogP contribution in [0.15, 0.2) is 18.2 Å². The minimum absolute atomic E-state index is 0.0727. The second-order valence-corrected chi connectivity index (χ2v) is 9.67. The largest absolute Gasteiger partial charge is 0.349 e. The van der Waals surface area contributed by atoms with E-state index in [0.717, 1.165) is 44.1 Å². The van der Waals surface area contributed by atoms with Crippen molar-refractivity contribution in [2.24, 2.45) is 0 Å². The van der Waals surface area contributed by atoms with Gasteiger partial charge in [-0.25, -0.2) is 4.79 Å².